The van der Waals surface area contributed by atoms with Gasteiger partial charge in [-0.3, -0.25) is 9.59 Å². The highest BCUT2D eigenvalue weighted by molar-refractivity contribution is 5.97. The fraction of sp³-hybridized carbons (Fsp3) is 0.333. The number of likely N-dealkylation sites (tertiary alicyclic amines) is 1. The molecule has 2 amide bonds. The predicted molar refractivity (Wildman–Crippen MR) is 97.8 cm³/mol. The van der Waals surface area contributed by atoms with Crippen molar-refractivity contribution in [3.8, 4) is 0 Å². The van der Waals surface area contributed by atoms with Crippen LogP contribution in [0.5, 0.6) is 0 Å². The van der Waals surface area contributed by atoms with Crippen LogP contribution in [0.2, 0.25) is 0 Å². The molecule has 2 aromatic rings. The maximum absolute atomic E-state index is 13.2. The Balaban J connectivity index is 1.50. The van der Waals surface area contributed by atoms with Crippen molar-refractivity contribution < 1.29 is 27.2 Å². The van der Waals surface area contributed by atoms with Crippen molar-refractivity contribution >= 4 is 17.5 Å². The highest BCUT2D eigenvalue weighted by Crippen LogP contribution is 2.42. The molecular formula is C21H18F4N2O2. The summed E-state index contributed by atoms with van der Waals surface area (Å²) >= 11 is 0. The molecule has 29 heavy (non-hydrogen) atoms. The van der Waals surface area contributed by atoms with E-state index in [2.05, 4.69) is 0 Å². The van der Waals surface area contributed by atoms with Crippen LogP contribution in [0.4, 0.5) is 23.2 Å². The van der Waals surface area contributed by atoms with E-state index in [1.807, 2.05) is 0 Å². The van der Waals surface area contributed by atoms with Crippen LogP contribution in [-0.4, -0.2) is 36.3 Å². The second-order valence-corrected chi connectivity index (χ2v) is 7.69. The van der Waals surface area contributed by atoms with Crippen molar-refractivity contribution in [3.63, 3.8) is 0 Å². The maximum atomic E-state index is 13.2. The summed E-state index contributed by atoms with van der Waals surface area (Å²) in [5, 5.41) is 0. The third-order valence-corrected chi connectivity index (χ3v) is 5.62. The average Bonchev–Trinajstić information content (AvgIpc) is 3.24. The third-order valence-electron chi connectivity index (χ3n) is 5.62. The number of anilines is 1. The van der Waals surface area contributed by atoms with Gasteiger partial charge in [0.15, 0.2) is 0 Å². The average molecular weight is 406 g/mol. The zero-order valence-corrected chi connectivity index (χ0v) is 15.4. The molecule has 2 aromatic carbocycles. The zero-order valence-electron chi connectivity index (χ0n) is 15.4. The normalized spacial score (nSPS) is 22.0. The van der Waals surface area contributed by atoms with Crippen molar-refractivity contribution in [1.29, 1.82) is 0 Å². The van der Waals surface area contributed by atoms with E-state index in [1.165, 1.54) is 41.3 Å². The predicted octanol–water partition coefficient (Wildman–Crippen LogP) is 4.11. The molecule has 8 heteroatoms. The summed E-state index contributed by atoms with van der Waals surface area (Å²) in [4.78, 5) is 28.4. The van der Waals surface area contributed by atoms with Crippen molar-refractivity contribution in [2.24, 2.45) is 5.41 Å². The van der Waals surface area contributed by atoms with E-state index in [-0.39, 0.29) is 17.9 Å². The van der Waals surface area contributed by atoms with Gasteiger partial charge in [-0.1, -0.05) is 6.07 Å². The van der Waals surface area contributed by atoms with Crippen LogP contribution in [0.15, 0.2) is 48.5 Å². The molecule has 0 radical (unpaired) electrons. The molecule has 2 heterocycles. The topological polar surface area (TPSA) is 40.6 Å². The number of amides is 2. The minimum Gasteiger partial charge on any atom is -0.338 e. The standard InChI is InChI=1S/C21H18F4N2O2/c22-16-4-6-17(7-5-16)27-13-20(11-18(27)28)8-9-26(12-20)19(29)14-2-1-3-15(10-14)21(23,24)25/h1-7,10H,8-9,11-13H2/t20-/m0/s1. The molecule has 152 valence electrons. The summed E-state index contributed by atoms with van der Waals surface area (Å²) < 4.78 is 51.9. The largest absolute Gasteiger partial charge is 0.416 e. The van der Waals surface area contributed by atoms with Crippen LogP contribution >= 0.6 is 0 Å². The highest BCUT2D eigenvalue weighted by atomic mass is 19.4. The monoisotopic (exact) mass is 406 g/mol. The molecule has 0 aromatic heterocycles. The summed E-state index contributed by atoms with van der Waals surface area (Å²) in [5.41, 5.74) is -0.730. The van der Waals surface area contributed by atoms with Crippen molar-refractivity contribution in [1.82, 2.24) is 4.90 Å². The molecule has 2 aliphatic rings. The fourth-order valence-corrected chi connectivity index (χ4v) is 4.14. The summed E-state index contributed by atoms with van der Waals surface area (Å²) in [6, 6.07) is 10.0. The van der Waals surface area contributed by atoms with Gasteiger partial charge in [-0.25, -0.2) is 4.39 Å². The lowest BCUT2D eigenvalue weighted by Gasteiger charge is -2.24. The molecule has 0 bridgehead atoms. The van der Waals surface area contributed by atoms with E-state index in [9.17, 15) is 27.2 Å². The van der Waals surface area contributed by atoms with E-state index < -0.39 is 28.9 Å². The molecule has 1 atom stereocenters. The van der Waals surface area contributed by atoms with Crippen LogP contribution in [-0.2, 0) is 11.0 Å². The molecular weight excluding hydrogens is 388 g/mol. The molecule has 0 N–H and O–H groups in total. The van der Waals surface area contributed by atoms with Crippen LogP contribution in [0.25, 0.3) is 0 Å². The smallest absolute Gasteiger partial charge is 0.338 e. The molecule has 0 unspecified atom stereocenters. The minimum absolute atomic E-state index is 0.0170. The minimum atomic E-state index is -4.52. The summed E-state index contributed by atoms with van der Waals surface area (Å²) in [6.45, 7) is 1.06. The van der Waals surface area contributed by atoms with Crippen molar-refractivity contribution in [2.75, 3.05) is 24.5 Å². The van der Waals surface area contributed by atoms with Crippen LogP contribution in [0.1, 0.15) is 28.8 Å². The maximum Gasteiger partial charge on any atom is 0.416 e. The lowest BCUT2D eigenvalue weighted by atomic mass is 9.86. The number of hydrogen-bond donors (Lipinski definition) is 0. The van der Waals surface area contributed by atoms with E-state index in [4.69, 9.17) is 0 Å². The van der Waals surface area contributed by atoms with Crippen LogP contribution in [0.3, 0.4) is 0 Å². The SMILES string of the molecule is O=C(c1cccc(C(F)(F)F)c1)N1CC[C@]2(CC(=O)N(c3ccc(F)cc3)C2)C1. The van der Waals surface area contributed by atoms with Gasteiger partial charge in [-0.15, -0.1) is 0 Å². The first-order valence-electron chi connectivity index (χ1n) is 9.19. The number of alkyl halides is 3. The Hall–Kier alpha value is -2.90. The third kappa shape index (κ3) is 3.71. The molecule has 2 aliphatic heterocycles. The van der Waals surface area contributed by atoms with Gasteiger partial charge >= 0.3 is 6.18 Å². The van der Waals surface area contributed by atoms with Crippen molar-refractivity contribution in [3.05, 3.63) is 65.5 Å². The van der Waals surface area contributed by atoms with Gasteiger partial charge < -0.3 is 9.80 Å². The first-order valence-corrected chi connectivity index (χ1v) is 9.19. The second kappa shape index (κ2) is 6.86. The van der Waals surface area contributed by atoms with Crippen LogP contribution < -0.4 is 4.90 Å². The quantitative estimate of drug-likeness (QED) is 0.705. The highest BCUT2D eigenvalue weighted by Gasteiger charge is 2.49. The van der Waals surface area contributed by atoms with Crippen molar-refractivity contribution in [2.45, 2.75) is 19.0 Å². The Bertz CT molecular complexity index is 958. The Morgan fingerprint density at radius 2 is 1.76 bits per heavy atom. The Morgan fingerprint density at radius 1 is 1.03 bits per heavy atom. The van der Waals surface area contributed by atoms with E-state index in [1.54, 1.807) is 4.90 Å². The van der Waals surface area contributed by atoms with Gasteiger partial charge in [0, 0.05) is 42.7 Å². The zero-order chi connectivity index (χ0) is 20.8. The fourth-order valence-electron chi connectivity index (χ4n) is 4.14. The lowest BCUT2D eigenvalue weighted by Crippen LogP contribution is -2.34. The number of rotatable bonds is 2. The van der Waals surface area contributed by atoms with Gasteiger partial charge in [-0.2, -0.15) is 13.2 Å². The molecule has 4 nitrogen and oxygen atoms in total. The molecule has 1 spiro atoms. The molecule has 2 saturated heterocycles. The van der Waals surface area contributed by atoms with Gasteiger partial charge in [-0.05, 0) is 48.9 Å². The molecule has 0 saturated carbocycles. The number of carbonyl (C=O) groups excluding carboxylic acids is 2. The van der Waals surface area contributed by atoms with Gasteiger partial charge in [0.2, 0.25) is 5.91 Å². The van der Waals surface area contributed by atoms with Gasteiger partial charge in [0.05, 0.1) is 5.56 Å². The molecule has 2 fully saturated rings. The number of hydrogen-bond acceptors (Lipinski definition) is 2. The first-order chi connectivity index (χ1) is 13.7. The lowest BCUT2D eigenvalue weighted by molar-refractivity contribution is -0.137. The van der Waals surface area contributed by atoms with Gasteiger partial charge in [0.25, 0.3) is 5.91 Å². The number of halogens is 4. The van der Waals surface area contributed by atoms with E-state index in [0.29, 0.717) is 31.7 Å². The Labute approximate surface area is 164 Å². The summed E-state index contributed by atoms with van der Waals surface area (Å²) in [6.07, 6.45) is -3.69. The number of carbonyl (C=O) groups is 2. The van der Waals surface area contributed by atoms with E-state index >= 15 is 0 Å². The van der Waals surface area contributed by atoms with Gasteiger partial charge in [0.1, 0.15) is 5.82 Å². The molecule has 4 rings (SSSR count). The van der Waals surface area contributed by atoms with E-state index in [0.717, 1.165) is 12.1 Å². The second-order valence-electron chi connectivity index (χ2n) is 7.69. The van der Waals surface area contributed by atoms with Crippen LogP contribution in [0, 0.1) is 11.2 Å². The Morgan fingerprint density at radius 3 is 2.45 bits per heavy atom. The first kappa shape index (κ1) is 19.4. The Kier molecular flexibility index (Phi) is 4.59. The number of nitrogens with zero attached hydrogens (tertiary/aromatic N) is 2. The molecule has 0 aliphatic carbocycles. The summed E-state index contributed by atoms with van der Waals surface area (Å²) in [7, 11) is 0. The number of benzene rings is 2. The summed E-state index contributed by atoms with van der Waals surface area (Å²) in [5.74, 6) is -0.973.